The maximum Gasteiger partial charge on any atom is 0.239 e. The standard InChI is InChI=1S/C22H23N3O3/c1-28-19-11-6-16(7-12-19)14-23-22(27)15-24-21(26)13-10-18-9-8-17-4-2-3-5-20(17)25-18/h2-9,11-12H,10,13-15H2,1H3,(H,23,27)(H,24,26). The Hall–Kier alpha value is -3.41. The number of benzene rings is 2. The second-order valence-electron chi connectivity index (χ2n) is 6.40. The third kappa shape index (κ3) is 5.54. The number of carbonyl (C=O) groups is 2. The Morgan fingerprint density at radius 2 is 1.71 bits per heavy atom. The summed E-state index contributed by atoms with van der Waals surface area (Å²) in [6.07, 6.45) is 0.821. The van der Waals surface area contributed by atoms with Crippen molar-refractivity contribution in [1.82, 2.24) is 15.6 Å². The van der Waals surface area contributed by atoms with Gasteiger partial charge in [0.05, 0.1) is 19.2 Å². The maximum absolute atomic E-state index is 12.0. The lowest BCUT2D eigenvalue weighted by Gasteiger charge is -2.08. The molecule has 6 nitrogen and oxygen atoms in total. The fourth-order valence-electron chi connectivity index (χ4n) is 2.76. The molecule has 2 aromatic carbocycles. The van der Waals surface area contributed by atoms with E-state index in [1.807, 2.05) is 60.7 Å². The molecule has 0 aliphatic heterocycles. The Morgan fingerprint density at radius 3 is 2.50 bits per heavy atom. The van der Waals surface area contributed by atoms with Gasteiger partial charge in [0.25, 0.3) is 0 Å². The summed E-state index contributed by atoms with van der Waals surface area (Å²) < 4.78 is 5.10. The third-order valence-electron chi connectivity index (χ3n) is 4.36. The van der Waals surface area contributed by atoms with E-state index in [-0.39, 0.29) is 24.8 Å². The number of rotatable bonds is 8. The summed E-state index contributed by atoms with van der Waals surface area (Å²) in [5, 5.41) is 6.50. The normalized spacial score (nSPS) is 10.5. The van der Waals surface area contributed by atoms with E-state index in [9.17, 15) is 9.59 Å². The number of ether oxygens (including phenoxy) is 1. The highest BCUT2D eigenvalue weighted by molar-refractivity contribution is 5.84. The van der Waals surface area contributed by atoms with Gasteiger partial charge in [0.15, 0.2) is 0 Å². The highest BCUT2D eigenvalue weighted by Gasteiger charge is 2.07. The number of aryl methyl sites for hydroxylation is 1. The van der Waals surface area contributed by atoms with Crippen LogP contribution < -0.4 is 15.4 Å². The summed E-state index contributed by atoms with van der Waals surface area (Å²) in [5.74, 6) is 0.366. The lowest BCUT2D eigenvalue weighted by molar-refractivity contribution is -0.126. The molecule has 0 saturated carbocycles. The van der Waals surface area contributed by atoms with Crippen molar-refractivity contribution in [2.45, 2.75) is 19.4 Å². The zero-order valence-corrected chi connectivity index (χ0v) is 15.8. The predicted octanol–water partition coefficient (Wildman–Crippen LogP) is 2.61. The summed E-state index contributed by atoms with van der Waals surface area (Å²) in [7, 11) is 1.61. The number of pyridine rings is 1. The molecule has 0 fully saturated rings. The van der Waals surface area contributed by atoms with Crippen molar-refractivity contribution in [2.75, 3.05) is 13.7 Å². The number of amides is 2. The Bertz CT molecular complexity index is 955. The van der Waals surface area contributed by atoms with Gasteiger partial charge in [0.2, 0.25) is 11.8 Å². The van der Waals surface area contributed by atoms with Crippen molar-refractivity contribution >= 4 is 22.7 Å². The lowest BCUT2D eigenvalue weighted by Crippen LogP contribution is -2.36. The van der Waals surface area contributed by atoms with E-state index in [0.717, 1.165) is 27.9 Å². The van der Waals surface area contributed by atoms with Gasteiger partial charge in [0, 0.05) is 24.0 Å². The molecular weight excluding hydrogens is 354 g/mol. The van der Waals surface area contributed by atoms with Gasteiger partial charge in [-0.05, 0) is 36.2 Å². The molecule has 1 aromatic heterocycles. The van der Waals surface area contributed by atoms with Crippen LogP contribution in [0.3, 0.4) is 0 Å². The van der Waals surface area contributed by atoms with Gasteiger partial charge in [-0.2, -0.15) is 0 Å². The Balaban J connectivity index is 1.38. The first-order valence-corrected chi connectivity index (χ1v) is 9.15. The van der Waals surface area contributed by atoms with Crippen molar-refractivity contribution in [3.05, 3.63) is 71.9 Å². The van der Waals surface area contributed by atoms with Crippen LogP contribution in [0.2, 0.25) is 0 Å². The van der Waals surface area contributed by atoms with Gasteiger partial charge in [-0.25, -0.2) is 0 Å². The zero-order valence-electron chi connectivity index (χ0n) is 15.8. The van der Waals surface area contributed by atoms with Crippen LogP contribution in [0.4, 0.5) is 0 Å². The molecule has 3 rings (SSSR count). The Kier molecular flexibility index (Phi) is 6.57. The molecule has 2 amide bonds. The van der Waals surface area contributed by atoms with Crippen molar-refractivity contribution in [1.29, 1.82) is 0 Å². The summed E-state index contributed by atoms with van der Waals surface area (Å²) in [4.78, 5) is 28.4. The topological polar surface area (TPSA) is 80.3 Å². The van der Waals surface area contributed by atoms with Crippen LogP contribution in [0.25, 0.3) is 10.9 Å². The first kappa shape index (κ1) is 19.4. The molecule has 6 heteroatoms. The Labute approximate surface area is 163 Å². The molecule has 0 radical (unpaired) electrons. The molecule has 3 aromatic rings. The van der Waals surface area contributed by atoms with Gasteiger partial charge < -0.3 is 15.4 Å². The predicted molar refractivity (Wildman–Crippen MR) is 108 cm³/mol. The molecule has 28 heavy (non-hydrogen) atoms. The van der Waals surface area contributed by atoms with Gasteiger partial charge in [-0.1, -0.05) is 36.4 Å². The monoisotopic (exact) mass is 377 g/mol. The summed E-state index contributed by atoms with van der Waals surface area (Å²) in [6, 6.07) is 19.2. The number of nitrogens with zero attached hydrogens (tertiary/aromatic N) is 1. The van der Waals surface area contributed by atoms with E-state index < -0.39 is 0 Å². The molecule has 144 valence electrons. The molecule has 0 unspecified atom stereocenters. The first-order valence-electron chi connectivity index (χ1n) is 9.15. The van der Waals surface area contributed by atoms with Crippen LogP contribution in [-0.4, -0.2) is 30.5 Å². The Morgan fingerprint density at radius 1 is 0.929 bits per heavy atom. The van der Waals surface area contributed by atoms with Crippen molar-refractivity contribution in [3.63, 3.8) is 0 Å². The van der Waals surface area contributed by atoms with Crippen LogP contribution in [0.1, 0.15) is 17.7 Å². The smallest absolute Gasteiger partial charge is 0.239 e. The number of carbonyl (C=O) groups excluding carboxylic acids is 2. The van der Waals surface area contributed by atoms with Gasteiger partial charge >= 0.3 is 0 Å². The van der Waals surface area contributed by atoms with Crippen molar-refractivity contribution in [3.8, 4) is 5.75 Å². The highest BCUT2D eigenvalue weighted by atomic mass is 16.5. The second kappa shape index (κ2) is 9.50. The third-order valence-corrected chi connectivity index (χ3v) is 4.36. The fourth-order valence-corrected chi connectivity index (χ4v) is 2.76. The summed E-state index contributed by atoms with van der Waals surface area (Å²) >= 11 is 0. The lowest BCUT2D eigenvalue weighted by atomic mass is 10.1. The average Bonchev–Trinajstić information content (AvgIpc) is 2.75. The molecule has 1 heterocycles. The number of hydrogen-bond donors (Lipinski definition) is 2. The summed E-state index contributed by atoms with van der Waals surface area (Å²) in [5.41, 5.74) is 2.74. The van der Waals surface area contributed by atoms with Crippen molar-refractivity contribution in [2.24, 2.45) is 0 Å². The van der Waals surface area contributed by atoms with E-state index in [2.05, 4.69) is 15.6 Å². The molecular formula is C22H23N3O3. The molecule has 0 aliphatic carbocycles. The van der Waals surface area contributed by atoms with Crippen LogP contribution in [0.5, 0.6) is 5.75 Å². The van der Waals surface area contributed by atoms with Crippen LogP contribution >= 0.6 is 0 Å². The number of aromatic nitrogens is 1. The zero-order chi connectivity index (χ0) is 19.8. The molecule has 0 saturated heterocycles. The first-order chi connectivity index (χ1) is 13.6. The molecule has 2 N–H and O–H groups in total. The summed E-state index contributed by atoms with van der Waals surface area (Å²) in [6.45, 7) is 0.361. The van der Waals surface area contributed by atoms with E-state index in [0.29, 0.717) is 13.0 Å². The van der Waals surface area contributed by atoms with Gasteiger partial charge in [0.1, 0.15) is 5.75 Å². The average molecular weight is 377 g/mol. The number of methoxy groups -OCH3 is 1. The molecule has 0 spiro atoms. The fraction of sp³-hybridized carbons (Fsp3) is 0.227. The minimum absolute atomic E-state index is 0.0415. The molecule has 0 bridgehead atoms. The number of nitrogens with one attached hydrogen (secondary N) is 2. The quantitative estimate of drug-likeness (QED) is 0.632. The van der Waals surface area contributed by atoms with E-state index in [1.54, 1.807) is 7.11 Å². The van der Waals surface area contributed by atoms with Gasteiger partial charge in [-0.3, -0.25) is 14.6 Å². The number of hydrogen-bond acceptors (Lipinski definition) is 4. The van der Waals surface area contributed by atoms with Crippen LogP contribution in [-0.2, 0) is 22.6 Å². The minimum Gasteiger partial charge on any atom is -0.497 e. The number of fused-ring (bicyclic) bond motifs is 1. The maximum atomic E-state index is 12.0. The van der Waals surface area contributed by atoms with Crippen molar-refractivity contribution < 1.29 is 14.3 Å². The number of para-hydroxylation sites is 1. The van der Waals surface area contributed by atoms with Crippen LogP contribution in [0, 0.1) is 0 Å². The van der Waals surface area contributed by atoms with E-state index in [4.69, 9.17) is 4.74 Å². The molecule has 0 aliphatic rings. The second-order valence-corrected chi connectivity index (χ2v) is 6.40. The largest absolute Gasteiger partial charge is 0.497 e. The minimum atomic E-state index is -0.229. The SMILES string of the molecule is COc1ccc(CNC(=O)CNC(=O)CCc2ccc3ccccc3n2)cc1. The van der Waals surface area contributed by atoms with E-state index in [1.165, 1.54) is 0 Å². The highest BCUT2D eigenvalue weighted by Crippen LogP contribution is 2.13. The van der Waals surface area contributed by atoms with Crippen LogP contribution in [0.15, 0.2) is 60.7 Å². The van der Waals surface area contributed by atoms with Gasteiger partial charge in [-0.15, -0.1) is 0 Å². The molecule has 0 atom stereocenters. The van der Waals surface area contributed by atoms with E-state index >= 15 is 0 Å².